The Morgan fingerprint density at radius 2 is 2.25 bits per heavy atom. The number of rotatable bonds is 7. The van der Waals surface area contributed by atoms with Crippen LogP contribution in [0.2, 0.25) is 0 Å². The predicted molar refractivity (Wildman–Crippen MR) is 83.7 cm³/mol. The van der Waals surface area contributed by atoms with Crippen LogP contribution in [0.4, 0.5) is 0 Å². The van der Waals surface area contributed by atoms with Gasteiger partial charge in [-0.1, -0.05) is 6.92 Å². The van der Waals surface area contributed by atoms with Gasteiger partial charge in [0.25, 0.3) is 0 Å². The largest absolute Gasteiger partial charge is 0.347 e. The molecule has 0 saturated heterocycles. The highest BCUT2D eigenvalue weighted by Gasteiger charge is 2.20. The van der Waals surface area contributed by atoms with Crippen molar-refractivity contribution in [2.75, 3.05) is 6.54 Å². The molecule has 6 heteroatoms. The molecule has 2 rings (SSSR count). The van der Waals surface area contributed by atoms with Crippen LogP contribution in [0, 0.1) is 6.92 Å². The van der Waals surface area contributed by atoms with Crippen molar-refractivity contribution >= 4 is 15.9 Å². The molecule has 2 N–H and O–H groups in total. The number of aromatic amines is 1. The Balaban J connectivity index is 2.23. The Kier molecular flexibility index (Phi) is 5.37. The van der Waals surface area contributed by atoms with Crippen molar-refractivity contribution in [1.29, 1.82) is 0 Å². The third-order valence-electron chi connectivity index (χ3n) is 3.34. The van der Waals surface area contributed by atoms with E-state index in [0.717, 1.165) is 41.9 Å². The van der Waals surface area contributed by atoms with Crippen LogP contribution in [-0.4, -0.2) is 26.3 Å². The second-order valence-corrected chi connectivity index (χ2v) is 5.64. The molecule has 0 aromatic carbocycles. The minimum Gasteiger partial charge on any atom is -0.347 e. The van der Waals surface area contributed by atoms with Gasteiger partial charge in [-0.3, -0.25) is 4.68 Å². The molecule has 0 aliphatic heterocycles. The number of hydrogen-bond donors (Lipinski definition) is 2. The van der Waals surface area contributed by atoms with Gasteiger partial charge in [0.1, 0.15) is 5.82 Å². The molecule has 1 unspecified atom stereocenters. The van der Waals surface area contributed by atoms with Gasteiger partial charge in [0.05, 0.1) is 21.9 Å². The smallest absolute Gasteiger partial charge is 0.123 e. The lowest BCUT2D eigenvalue weighted by atomic mass is 10.1. The van der Waals surface area contributed by atoms with Gasteiger partial charge in [0.15, 0.2) is 0 Å². The molecule has 0 bridgehead atoms. The van der Waals surface area contributed by atoms with Crippen LogP contribution in [-0.2, 0) is 13.0 Å². The average Bonchev–Trinajstić information content (AvgIpc) is 3.06. The monoisotopic (exact) mass is 339 g/mol. The van der Waals surface area contributed by atoms with Crippen LogP contribution in [0.5, 0.6) is 0 Å². The molecule has 0 aliphatic rings. The van der Waals surface area contributed by atoms with E-state index in [1.807, 2.05) is 13.1 Å². The van der Waals surface area contributed by atoms with E-state index in [4.69, 9.17) is 0 Å². The molecule has 1 atom stereocenters. The van der Waals surface area contributed by atoms with Crippen molar-refractivity contribution in [3.63, 3.8) is 0 Å². The lowest BCUT2D eigenvalue weighted by molar-refractivity contribution is 0.485. The Morgan fingerprint density at radius 1 is 1.45 bits per heavy atom. The second-order valence-electron chi connectivity index (χ2n) is 4.85. The van der Waals surface area contributed by atoms with Crippen molar-refractivity contribution in [3.8, 4) is 0 Å². The zero-order valence-corrected chi connectivity index (χ0v) is 13.9. The third kappa shape index (κ3) is 3.30. The highest BCUT2D eigenvalue weighted by atomic mass is 79.9. The van der Waals surface area contributed by atoms with Gasteiger partial charge in [-0.05, 0) is 42.7 Å². The molecule has 2 heterocycles. The molecule has 5 nitrogen and oxygen atoms in total. The van der Waals surface area contributed by atoms with E-state index < -0.39 is 0 Å². The Morgan fingerprint density at radius 3 is 2.85 bits per heavy atom. The van der Waals surface area contributed by atoms with Gasteiger partial charge in [-0.25, -0.2) is 4.98 Å². The first-order chi connectivity index (χ1) is 9.67. The molecule has 2 aromatic heterocycles. The molecule has 0 spiro atoms. The normalized spacial score (nSPS) is 12.8. The molecular weight excluding hydrogens is 318 g/mol. The molecular formula is C14H22BrN5. The SMILES string of the molecule is CCCNC(Cc1c(Br)c(C)nn1CC)c1ncc[nH]1. The van der Waals surface area contributed by atoms with Crippen LogP contribution in [0.3, 0.4) is 0 Å². The first-order valence-electron chi connectivity index (χ1n) is 7.11. The van der Waals surface area contributed by atoms with Gasteiger partial charge in [0, 0.05) is 25.4 Å². The van der Waals surface area contributed by atoms with E-state index in [0.29, 0.717) is 0 Å². The van der Waals surface area contributed by atoms with Gasteiger partial charge in [0.2, 0.25) is 0 Å². The maximum absolute atomic E-state index is 4.55. The van der Waals surface area contributed by atoms with E-state index >= 15 is 0 Å². The zero-order valence-electron chi connectivity index (χ0n) is 12.3. The predicted octanol–water partition coefficient (Wildman–Crippen LogP) is 2.98. The summed E-state index contributed by atoms with van der Waals surface area (Å²) in [6, 6.07) is 0.183. The first-order valence-corrected chi connectivity index (χ1v) is 7.91. The summed E-state index contributed by atoms with van der Waals surface area (Å²) >= 11 is 3.66. The number of aryl methyl sites for hydroxylation is 2. The first kappa shape index (κ1) is 15.3. The number of nitrogens with one attached hydrogen (secondary N) is 2. The van der Waals surface area contributed by atoms with Crippen LogP contribution in [0.1, 0.15) is 43.5 Å². The minimum absolute atomic E-state index is 0.183. The molecule has 2 aromatic rings. The van der Waals surface area contributed by atoms with Gasteiger partial charge < -0.3 is 10.3 Å². The average molecular weight is 340 g/mol. The fourth-order valence-electron chi connectivity index (χ4n) is 2.31. The maximum atomic E-state index is 4.55. The van der Waals surface area contributed by atoms with Gasteiger partial charge in [-0.2, -0.15) is 5.10 Å². The Hall–Kier alpha value is -1.14. The summed E-state index contributed by atoms with van der Waals surface area (Å²) in [7, 11) is 0. The summed E-state index contributed by atoms with van der Waals surface area (Å²) in [6.07, 6.45) is 5.63. The molecule has 0 radical (unpaired) electrons. The van der Waals surface area contributed by atoms with E-state index in [2.05, 4.69) is 54.8 Å². The summed E-state index contributed by atoms with van der Waals surface area (Å²) in [6.45, 7) is 8.16. The molecule has 0 amide bonds. The lowest BCUT2D eigenvalue weighted by Crippen LogP contribution is -2.26. The van der Waals surface area contributed by atoms with E-state index in [1.54, 1.807) is 6.20 Å². The number of H-pyrrole nitrogens is 1. The molecule has 110 valence electrons. The van der Waals surface area contributed by atoms with Gasteiger partial charge in [-0.15, -0.1) is 0 Å². The Labute approximate surface area is 128 Å². The van der Waals surface area contributed by atoms with Crippen molar-refractivity contribution < 1.29 is 0 Å². The molecule has 0 aliphatic carbocycles. The topological polar surface area (TPSA) is 58.5 Å². The zero-order chi connectivity index (χ0) is 14.5. The van der Waals surface area contributed by atoms with Crippen LogP contribution in [0.15, 0.2) is 16.9 Å². The van der Waals surface area contributed by atoms with E-state index in [-0.39, 0.29) is 6.04 Å². The number of imidazole rings is 1. The fourth-order valence-corrected chi connectivity index (χ4v) is 2.76. The number of aromatic nitrogens is 4. The number of halogens is 1. The van der Waals surface area contributed by atoms with Crippen molar-refractivity contribution in [3.05, 3.63) is 34.1 Å². The van der Waals surface area contributed by atoms with Crippen molar-refractivity contribution in [1.82, 2.24) is 25.1 Å². The minimum atomic E-state index is 0.183. The second kappa shape index (κ2) is 7.04. The van der Waals surface area contributed by atoms with Crippen LogP contribution < -0.4 is 5.32 Å². The van der Waals surface area contributed by atoms with E-state index in [9.17, 15) is 0 Å². The van der Waals surface area contributed by atoms with Crippen molar-refractivity contribution in [2.24, 2.45) is 0 Å². The van der Waals surface area contributed by atoms with E-state index in [1.165, 1.54) is 5.69 Å². The van der Waals surface area contributed by atoms with Crippen molar-refractivity contribution in [2.45, 2.75) is 46.2 Å². The highest BCUT2D eigenvalue weighted by molar-refractivity contribution is 9.10. The summed E-state index contributed by atoms with van der Waals surface area (Å²) in [5, 5.41) is 8.11. The Bertz CT molecular complexity index is 532. The number of hydrogen-bond acceptors (Lipinski definition) is 3. The third-order valence-corrected chi connectivity index (χ3v) is 4.37. The molecule has 20 heavy (non-hydrogen) atoms. The summed E-state index contributed by atoms with van der Waals surface area (Å²) in [5.41, 5.74) is 2.26. The molecule has 0 saturated carbocycles. The number of nitrogens with zero attached hydrogens (tertiary/aromatic N) is 3. The fraction of sp³-hybridized carbons (Fsp3) is 0.571. The lowest BCUT2D eigenvalue weighted by Gasteiger charge is -2.17. The van der Waals surface area contributed by atoms with Crippen LogP contribution >= 0.6 is 15.9 Å². The summed E-state index contributed by atoms with van der Waals surface area (Å²) in [4.78, 5) is 7.61. The van der Waals surface area contributed by atoms with Gasteiger partial charge >= 0.3 is 0 Å². The van der Waals surface area contributed by atoms with Crippen LogP contribution in [0.25, 0.3) is 0 Å². The standard InChI is InChI=1S/C14H22BrN5/c1-4-6-16-11(14-17-7-8-18-14)9-12-13(15)10(3)19-20(12)5-2/h7-8,11,16H,4-6,9H2,1-3H3,(H,17,18). The highest BCUT2D eigenvalue weighted by Crippen LogP contribution is 2.25. The quantitative estimate of drug-likeness (QED) is 0.815. The molecule has 0 fully saturated rings. The maximum Gasteiger partial charge on any atom is 0.123 e. The summed E-state index contributed by atoms with van der Waals surface area (Å²) in [5.74, 6) is 0.979. The summed E-state index contributed by atoms with van der Waals surface area (Å²) < 4.78 is 3.16.